The summed E-state index contributed by atoms with van der Waals surface area (Å²) in [4.78, 5) is 2.18. The smallest absolute Gasteiger partial charge is 0.142 e. The van der Waals surface area contributed by atoms with Crippen LogP contribution in [-0.2, 0) is 0 Å². The zero-order valence-corrected chi connectivity index (χ0v) is 11.8. The number of benzene rings is 1. The topological polar surface area (TPSA) is 47.7 Å². The maximum Gasteiger partial charge on any atom is 0.142 e. The first-order valence-electron chi connectivity index (χ1n) is 6.27. The van der Waals surface area contributed by atoms with Gasteiger partial charge in [0.05, 0.1) is 19.9 Å². The van der Waals surface area contributed by atoms with Crippen LogP contribution in [0.5, 0.6) is 11.5 Å². The number of unbranched alkanes of at least 4 members (excludes halogenated alkanes) is 1. The summed E-state index contributed by atoms with van der Waals surface area (Å²) in [6, 6.07) is 4.03. The van der Waals surface area contributed by atoms with Crippen molar-refractivity contribution in [3.63, 3.8) is 0 Å². The van der Waals surface area contributed by atoms with Gasteiger partial charge in [-0.2, -0.15) is 0 Å². The van der Waals surface area contributed by atoms with Crippen molar-refractivity contribution in [2.45, 2.75) is 19.8 Å². The second-order valence-corrected chi connectivity index (χ2v) is 4.41. The lowest BCUT2D eigenvalue weighted by Crippen LogP contribution is -2.20. The van der Waals surface area contributed by atoms with Gasteiger partial charge in [-0.1, -0.05) is 0 Å². The van der Waals surface area contributed by atoms with Crippen LogP contribution in [0.4, 0.5) is 5.69 Å². The first-order valence-corrected chi connectivity index (χ1v) is 6.27. The fraction of sp³-hybridized carbons (Fsp3) is 0.571. The summed E-state index contributed by atoms with van der Waals surface area (Å²) in [5, 5.41) is 0. The van der Waals surface area contributed by atoms with E-state index in [2.05, 4.69) is 11.9 Å². The Hall–Kier alpha value is -1.42. The van der Waals surface area contributed by atoms with Crippen molar-refractivity contribution >= 4 is 5.69 Å². The lowest BCUT2D eigenvalue weighted by atomic mass is 10.1. The zero-order valence-electron chi connectivity index (χ0n) is 11.8. The lowest BCUT2D eigenvalue weighted by molar-refractivity contribution is 0.400. The van der Waals surface area contributed by atoms with E-state index in [4.69, 9.17) is 15.2 Å². The fourth-order valence-electron chi connectivity index (χ4n) is 1.95. The molecule has 1 aromatic rings. The van der Waals surface area contributed by atoms with Gasteiger partial charge in [0, 0.05) is 19.7 Å². The normalized spacial score (nSPS) is 10.3. The highest BCUT2D eigenvalue weighted by molar-refractivity contribution is 5.63. The maximum atomic E-state index is 5.51. The number of anilines is 1. The summed E-state index contributed by atoms with van der Waals surface area (Å²) in [6.07, 6.45) is 2.11. The Morgan fingerprint density at radius 3 is 2.33 bits per heavy atom. The molecule has 0 radical (unpaired) electrons. The van der Waals surface area contributed by atoms with Crippen molar-refractivity contribution in [3.05, 3.63) is 17.7 Å². The molecule has 4 heteroatoms. The van der Waals surface area contributed by atoms with E-state index in [9.17, 15) is 0 Å². The van der Waals surface area contributed by atoms with Gasteiger partial charge in [0.25, 0.3) is 0 Å². The third-order valence-corrected chi connectivity index (χ3v) is 3.06. The summed E-state index contributed by atoms with van der Waals surface area (Å²) in [5.41, 5.74) is 7.64. The third kappa shape index (κ3) is 3.53. The molecule has 0 bridgehead atoms. The van der Waals surface area contributed by atoms with Gasteiger partial charge in [-0.3, -0.25) is 0 Å². The van der Waals surface area contributed by atoms with Crippen LogP contribution >= 0.6 is 0 Å². The number of aryl methyl sites for hydroxylation is 1. The van der Waals surface area contributed by atoms with E-state index in [0.717, 1.165) is 48.7 Å². The molecule has 0 saturated carbocycles. The molecule has 0 aliphatic carbocycles. The number of nitrogens with two attached hydrogens (primary N) is 1. The molecular weight excluding hydrogens is 228 g/mol. The second-order valence-electron chi connectivity index (χ2n) is 4.41. The first-order chi connectivity index (χ1) is 8.63. The van der Waals surface area contributed by atoms with Gasteiger partial charge in [0.1, 0.15) is 11.5 Å². The highest BCUT2D eigenvalue weighted by atomic mass is 16.5. The molecule has 0 heterocycles. The highest BCUT2D eigenvalue weighted by Gasteiger charge is 2.12. The van der Waals surface area contributed by atoms with Gasteiger partial charge in [-0.15, -0.1) is 0 Å². The van der Waals surface area contributed by atoms with Gasteiger partial charge in [0.2, 0.25) is 0 Å². The number of hydrogen-bond donors (Lipinski definition) is 1. The number of ether oxygens (including phenoxy) is 2. The standard InChI is InChI=1S/C14H24N2O2/c1-11-9-14(18-4)12(10-13(11)17-3)16(2)8-6-5-7-15/h9-10H,5-8,15H2,1-4H3. The van der Waals surface area contributed by atoms with E-state index in [0.29, 0.717) is 0 Å². The van der Waals surface area contributed by atoms with Crippen molar-refractivity contribution in [1.29, 1.82) is 0 Å². The minimum Gasteiger partial charge on any atom is -0.496 e. The molecule has 0 aromatic heterocycles. The lowest BCUT2D eigenvalue weighted by Gasteiger charge is -2.23. The molecule has 18 heavy (non-hydrogen) atoms. The van der Waals surface area contributed by atoms with Crippen LogP contribution in [0.2, 0.25) is 0 Å². The molecule has 0 amide bonds. The summed E-state index contributed by atoms with van der Waals surface area (Å²) < 4.78 is 10.8. The number of rotatable bonds is 7. The minimum atomic E-state index is 0.738. The van der Waals surface area contributed by atoms with Crippen LogP contribution in [0.25, 0.3) is 0 Å². The van der Waals surface area contributed by atoms with Gasteiger partial charge in [0.15, 0.2) is 0 Å². The SMILES string of the molecule is COc1cc(N(C)CCCCN)c(OC)cc1C. The molecule has 0 saturated heterocycles. The molecular formula is C14H24N2O2. The Kier molecular flexibility index (Phi) is 5.78. The average Bonchev–Trinajstić information content (AvgIpc) is 2.38. The van der Waals surface area contributed by atoms with E-state index in [1.165, 1.54) is 0 Å². The quantitative estimate of drug-likeness (QED) is 0.756. The molecule has 0 spiro atoms. The molecule has 1 rings (SSSR count). The molecule has 0 unspecified atom stereocenters. The number of methoxy groups -OCH3 is 2. The summed E-state index contributed by atoms with van der Waals surface area (Å²) in [5.74, 6) is 1.76. The van der Waals surface area contributed by atoms with Crippen molar-refractivity contribution in [2.75, 3.05) is 39.3 Å². The van der Waals surface area contributed by atoms with Gasteiger partial charge < -0.3 is 20.1 Å². The van der Waals surface area contributed by atoms with Gasteiger partial charge >= 0.3 is 0 Å². The average molecular weight is 252 g/mol. The largest absolute Gasteiger partial charge is 0.496 e. The van der Waals surface area contributed by atoms with E-state index in [1.54, 1.807) is 14.2 Å². The zero-order chi connectivity index (χ0) is 13.5. The fourth-order valence-corrected chi connectivity index (χ4v) is 1.95. The molecule has 0 aliphatic heterocycles. The molecule has 2 N–H and O–H groups in total. The Morgan fingerprint density at radius 2 is 1.78 bits per heavy atom. The Morgan fingerprint density at radius 1 is 1.11 bits per heavy atom. The van der Waals surface area contributed by atoms with Crippen molar-refractivity contribution in [1.82, 2.24) is 0 Å². The summed E-state index contributed by atoms with van der Waals surface area (Å²) in [7, 11) is 5.44. The van der Waals surface area contributed by atoms with Crippen molar-refractivity contribution in [3.8, 4) is 11.5 Å². The molecule has 4 nitrogen and oxygen atoms in total. The molecule has 0 atom stereocenters. The first kappa shape index (κ1) is 14.6. The van der Waals surface area contributed by atoms with Crippen LogP contribution in [0.3, 0.4) is 0 Å². The van der Waals surface area contributed by atoms with E-state index < -0.39 is 0 Å². The van der Waals surface area contributed by atoms with Gasteiger partial charge in [-0.05, 0) is 37.9 Å². The Balaban J connectivity index is 2.90. The third-order valence-electron chi connectivity index (χ3n) is 3.06. The molecule has 1 aromatic carbocycles. The molecule has 102 valence electrons. The summed E-state index contributed by atoms with van der Waals surface area (Å²) >= 11 is 0. The number of nitrogens with zero attached hydrogens (tertiary/aromatic N) is 1. The van der Waals surface area contributed by atoms with Crippen LogP contribution in [0.1, 0.15) is 18.4 Å². The Labute approximate surface area is 110 Å². The van der Waals surface area contributed by atoms with Crippen LogP contribution in [0, 0.1) is 6.92 Å². The van der Waals surface area contributed by atoms with E-state index in [-0.39, 0.29) is 0 Å². The monoisotopic (exact) mass is 252 g/mol. The molecule has 0 fully saturated rings. The van der Waals surface area contributed by atoms with Crippen molar-refractivity contribution < 1.29 is 9.47 Å². The maximum absolute atomic E-state index is 5.51. The van der Waals surface area contributed by atoms with Crippen LogP contribution in [-0.4, -0.2) is 34.4 Å². The highest BCUT2D eigenvalue weighted by Crippen LogP contribution is 2.34. The van der Waals surface area contributed by atoms with E-state index >= 15 is 0 Å². The minimum absolute atomic E-state index is 0.738. The van der Waals surface area contributed by atoms with Crippen LogP contribution < -0.4 is 20.1 Å². The van der Waals surface area contributed by atoms with Crippen LogP contribution in [0.15, 0.2) is 12.1 Å². The Bertz CT molecular complexity index is 380. The van der Waals surface area contributed by atoms with Gasteiger partial charge in [-0.25, -0.2) is 0 Å². The molecule has 0 aliphatic rings. The predicted molar refractivity (Wildman–Crippen MR) is 75.8 cm³/mol. The summed E-state index contributed by atoms with van der Waals surface area (Å²) in [6.45, 7) is 3.71. The second kappa shape index (κ2) is 7.11. The predicted octanol–water partition coefficient (Wildman–Crippen LogP) is 2.19. The van der Waals surface area contributed by atoms with Crippen molar-refractivity contribution in [2.24, 2.45) is 5.73 Å². The van der Waals surface area contributed by atoms with E-state index in [1.807, 2.05) is 19.1 Å². The number of hydrogen-bond acceptors (Lipinski definition) is 4.